The molecule has 2 aromatic rings. The molecule has 0 unspecified atom stereocenters. The zero-order valence-corrected chi connectivity index (χ0v) is 14.8. The fourth-order valence-corrected chi connectivity index (χ4v) is 3.66. The van der Waals surface area contributed by atoms with Crippen LogP contribution in [0.3, 0.4) is 0 Å². The Morgan fingerprint density at radius 2 is 1.71 bits per heavy atom. The molecule has 0 aromatic heterocycles. The number of carbonyl (C=O) groups is 1. The van der Waals surface area contributed by atoms with Gasteiger partial charge in [-0.3, -0.25) is 4.79 Å². The van der Waals surface area contributed by atoms with Gasteiger partial charge in [-0.25, -0.2) is 8.42 Å². The highest BCUT2D eigenvalue weighted by atomic mass is 35.5. The Morgan fingerprint density at radius 3 is 2.29 bits per heavy atom. The maximum Gasteiger partial charge on any atom is 0.321 e. The summed E-state index contributed by atoms with van der Waals surface area (Å²) in [5, 5.41) is 0.442. The minimum Gasteiger partial charge on any atom is -0.468 e. The lowest BCUT2D eigenvalue weighted by Gasteiger charge is -2.21. The first-order valence-corrected chi connectivity index (χ1v) is 9.12. The van der Waals surface area contributed by atoms with E-state index in [9.17, 15) is 13.2 Å². The standard InChI is InChI=1S/C17H18ClNO4S/c1-23-17(20)13-19(12-11-14-5-3-2-4-6-14)24(21,22)16-9-7-15(18)8-10-16/h2-10H,11-13H2,1H3. The Labute approximate surface area is 146 Å². The second-order valence-electron chi connectivity index (χ2n) is 5.10. The number of halogens is 1. The molecule has 0 spiro atoms. The van der Waals surface area contributed by atoms with E-state index in [1.54, 1.807) is 0 Å². The molecule has 0 fully saturated rings. The maximum atomic E-state index is 12.8. The van der Waals surface area contributed by atoms with Crippen molar-refractivity contribution in [2.24, 2.45) is 0 Å². The molecule has 0 aliphatic rings. The van der Waals surface area contributed by atoms with Crippen molar-refractivity contribution < 1.29 is 17.9 Å². The van der Waals surface area contributed by atoms with Crippen LogP contribution in [0.1, 0.15) is 5.56 Å². The molecular weight excluding hydrogens is 350 g/mol. The Kier molecular flexibility index (Phi) is 6.36. The molecule has 0 atom stereocenters. The summed E-state index contributed by atoms with van der Waals surface area (Å²) in [5.74, 6) is -0.611. The predicted molar refractivity (Wildman–Crippen MR) is 92.4 cm³/mol. The van der Waals surface area contributed by atoms with Crippen LogP contribution in [-0.4, -0.2) is 38.9 Å². The summed E-state index contributed by atoms with van der Waals surface area (Å²) in [4.78, 5) is 11.7. The van der Waals surface area contributed by atoms with Crippen molar-refractivity contribution in [2.45, 2.75) is 11.3 Å². The van der Waals surface area contributed by atoms with E-state index >= 15 is 0 Å². The van der Waals surface area contributed by atoms with Crippen LogP contribution in [0.25, 0.3) is 0 Å². The molecule has 0 saturated carbocycles. The quantitative estimate of drug-likeness (QED) is 0.706. The number of carbonyl (C=O) groups excluding carboxylic acids is 1. The zero-order chi connectivity index (χ0) is 17.6. The number of nitrogens with zero attached hydrogens (tertiary/aromatic N) is 1. The van der Waals surface area contributed by atoms with Crippen LogP contribution in [0.4, 0.5) is 0 Å². The van der Waals surface area contributed by atoms with Crippen LogP contribution in [0.5, 0.6) is 0 Å². The topological polar surface area (TPSA) is 63.7 Å². The number of sulfonamides is 1. The number of ether oxygens (including phenoxy) is 1. The molecule has 0 radical (unpaired) electrons. The van der Waals surface area contributed by atoms with Crippen LogP contribution in [-0.2, 0) is 26.0 Å². The molecule has 2 aromatic carbocycles. The van der Waals surface area contributed by atoms with Gasteiger partial charge in [-0.2, -0.15) is 4.31 Å². The van der Waals surface area contributed by atoms with Gasteiger partial charge in [-0.05, 0) is 36.2 Å². The van der Waals surface area contributed by atoms with E-state index in [0.717, 1.165) is 9.87 Å². The lowest BCUT2D eigenvalue weighted by molar-refractivity contribution is -0.140. The van der Waals surface area contributed by atoms with E-state index in [0.29, 0.717) is 11.4 Å². The zero-order valence-electron chi connectivity index (χ0n) is 13.2. The molecule has 0 heterocycles. The van der Waals surface area contributed by atoms with Crippen molar-refractivity contribution in [3.63, 3.8) is 0 Å². The minimum atomic E-state index is -3.82. The van der Waals surface area contributed by atoms with Gasteiger partial charge < -0.3 is 4.74 Å². The first-order chi connectivity index (χ1) is 11.4. The second kappa shape index (κ2) is 8.28. The van der Waals surface area contributed by atoms with Gasteiger partial charge in [0.25, 0.3) is 0 Å². The highest BCUT2D eigenvalue weighted by Crippen LogP contribution is 2.19. The lowest BCUT2D eigenvalue weighted by Crippen LogP contribution is -2.37. The lowest BCUT2D eigenvalue weighted by atomic mass is 10.1. The summed E-state index contributed by atoms with van der Waals surface area (Å²) in [7, 11) is -2.59. The van der Waals surface area contributed by atoms with E-state index in [2.05, 4.69) is 4.74 Å². The van der Waals surface area contributed by atoms with E-state index in [1.807, 2.05) is 30.3 Å². The number of benzene rings is 2. The maximum absolute atomic E-state index is 12.8. The van der Waals surface area contributed by atoms with Gasteiger partial charge in [0.15, 0.2) is 0 Å². The fourth-order valence-electron chi connectivity index (χ4n) is 2.15. The van der Waals surface area contributed by atoms with Gasteiger partial charge >= 0.3 is 5.97 Å². The Morgan fingerprint density at radius 1 is 1.08 bits per heavy atom. The summed E-state index contributed by atoms with van der Waals surface area (Å²) in [6.45, 7) is -0.168. The number of rotatable bonds is 7. The molecule has 0 saturated heterocycles. The normalized spacial score (nSPS) is 11.5. The molecule has 128 valence electrons. The first-order valence-electron chi connectivity index (χ1n) is 7.30. The van der Waals surface area contributed by atoms with Gasteiger partial charge in [0.1, 0.15) is 6.54 Å². The number of hydrogen-bond acceptors (Lipinski definition) is 4. The Hall–Kier alpha value is -1.89. The van der Waals surface area contributed by atoms with Crippen molar-refractivity contribution in [3.05, 3.63) is 65.2 Å². The molecule has 7 heteroatoms. The molecule has 0 aliphatic heterocycles. The van der Waals surface area contributed by atoms with Gasteiger partial charge in [-0.1, -0.05) is 41.9 Å². The SMILES string of the molecule is COC(=O)CN(CCc1ccccc1)S(=O)(=O)c1ccc(Cl)cc1. The molecule has 0 bridgehead atoms. The number of hydrogen-bond donors (Lipinski definition) is 0. The Balaban J connectivity index is 2.23. The van der Waals surface area contributed by atoms with E-state index in [4.69, 9.17) is 11.6 Å². The molecule has 24 heavy (non-hydrogen) atoms. The van der Waals surface area contributed by atoms with Crippen molar-refractivity contribution in [1.29, 1.82) is 0 Å². The summed E-state index contributed by atoms with van der Waals surface area (Å²) in [6, 6.07) is 15.3. The van der Waals surface area contributed by atoms with Crippen molar-refractivity contribution in [2.75, 3.05) is 20.2 Å². The summed E-state index contributed by atoms with van der Waals surface area (Å²) >= 11 is 5.81. The molecule has 0 aliphatic carbocycles. The predicted octanol–water partition coefficient (Wildman–Crippen LogP) is 2.75. The average molecular weight is 368 g/mol. The van der Waals surface area contributed by atoms with E-state index in [1.165, 1.54) is 31.4 Å². The van der Waals surface area contributed by atoms with Gasteiger partial charge in [0.2, 0.25) is 10.0 Å². The number of methoxy groups -OCH3 is 1. The second-order valence-corrected chi connectivity index (χ2v) is 7.48. The van der Waals surface area contributed by atoms with Crippen molar-refractivity contribution in [3.8, 4) is 0 Å². The summed E-state index contributed by atoms with van der Waals surface area (Å²) in [5.41, 5.74) is 0.985. The first kappa shape index (κ1) is 18.4. The van der Waals surface area contributed by atoms with Crippen LogP contribution in [0.15, 0.2) is 59.5 Å². The van der Waals surface area contributed by atoms with Gasteiger partial charge in [0, 0.05) is 11.6 Å². The fraction of sp³-hybridized carbons (Fsp3) is 0.235. The Bertz CT molecular complexity index is 776. The molecule has 0 amide bonds. The van der Waals surface area contributed by atoms with E-state index in [-0.39, 0.29) is 18.0 Å². The minimum absolute atomic E-state index is 0.0869. The van der Waals surface area contributed by atoms with Crippen LogP contribution in [0, 0.1) is 0 Å². The third-order valence-corrected chi connectivity index (χ3v) is 5.59. The molecule has 2 rings (SSSR count). The number of esters is 1. The summed E-state index contributed by atoms with van der Waals surface area (Å²) in [6.07, 6.45) is 0.491. The third-order valence-electron chi connectivity index (χ3n) is 3.48. The van der Waals surface area contributed by atoms with Crippen LogP contribution < -0.4 is 0 Å². The monoisotopic (exact) mass is 367 g/mol. The van der Waals surface area contributed by atoms with Crippen LogP contribution in [0.2, 0.25) is 5.02 Å². The van der Waals surface area contributed by atoms with E-state index < -0.39 is 16.0 Å². The van der Waals surface area contributed by atoms with Gasteiger partial charge in [-0.15, -0.1) is 0 Å². The van der Waals surface area contributed by atoms with Gasteiger partial charge in [0.05, 0.1) is 12.0 Å². The summed E-state index contributed by atoms with van der Waals surface area (Å²) < 4.78 is 31.3. The van der Waals surface area contributed by atoms with Crippen molar-refractivity contribution in [1.82, 2.24) is 4.31 Å². The smallest absolute Gasteiger partial charge is 0.321 e. The third kappa shape index (κ3) is 4.80. The highest BCUT2D eigenvalue weighted by Gasteiger charge is 2.26. The highest BCUT2D eigenvalue weighted by molar-refractivity contribution is 7.89. The van der Waals surface area contributed by atoms with Crippen LogP contribution >= 0.6 is 11.6 Å². The molecule has 0 N–H and O–H groups in total. The molecule has 5 nitrogen and oxygen atoms in total. The largest absolute Gasteiger partial charge is 0.468 e. The van der Waals surface area contributed by atoms with Crippen molar-refractivity contribution >= 4 is 27.6 Å². The average Bonchev–Trinajstić information content (AvgIpc) is 2.59. The molecular formula is C17H18ClNO4S.